The highest BCUT2D eigenvalue weighted by molar-refractivity contribution is 5.90. The number of hydrogen-bond acceptors (Lipinski definition) is 10. The van der Waals surface area contributed by atoms with Crippen molar-refractivity contribution in [2.45, 2.75) is 13.5 Å². The first kappa shape index (κ1) is 32.9. The molecule has 250 valence electrons. The summed E-state index contributed by atoms with van der Waals surface area (Å²) in [7, 11) is 0. The smallest absolute Gasteiger partial charge is 0.223 e. The molecule has 4 heterocycles. The second-order valence-electron chi connectivity index (χ2n) is 10.7. The van der Waals surface area contributed by atoms with Crippen molar-refractivity contribution < 1.29 is 18.9 Å². The molecule has 0 saturated heterocycles. The van der Waals surface area contributed by atoms with Gasteiger partial charge in [-0.25, -0.2) is 0 Å². The number of rotatable bonds is 15. The van der Waals surface area contributed by atoms with Crippen molar-refractivity contribution in [2.75, 3.05) is 43.7 Å². The number of pyridine rings is 2. The van der Waals surface area contributed by atoms with Crippen LogP contribution in [-0.4, -0.2) is 63.4 Å². The van der Waals surface area contributed by atoms with Crippen LogP contribution in [0, 0.1) is 0 Å². The van der Waals surface area contributed by atoms with E-state index in [4.69, 9.17) is 18.9 Å². The zero-order valence-corrected chi connectivity index (χ0v) is 27.1. The summed E-state index contributed by atoms with van der Waals surface area (Å²) in [5, 5.41) is 24.0. The van der Waals surface area contributed by atoms with Crippen LogP contribution in [0.3, 0.4) is 0 Å². The summed E-state index contributed by atoms with van der Waals surface area (Å²) in [5.74, 6) is 4.14. The predicted octanol–water partition coefficient (Wildman–Crippen LogP) is 7.41. The van der Waals surface area contributed by atoms with Gasteiger partial charge in [0.1, 0.15) is 36.5 Å². The van der Waals surface area contributed by atoms with Gasteiger partial charge in [0.25, 0.3) is 0 Å². The van der Waals surface area contributed by atoms with Crippen LogP contribution < -0.4 is 20.1 Å². The molecule has 7 rings (SSSR count). The molecular formula is C37H38N8O4. The second kappa shape index (κ2) is 17.3. The third-order valence-corrected chi connectivity index (χ3v) is 7.20. The summed E-state index contributed by atoms with van der Waals surface area (Å²) in [6.45, 7) is 5.22. The Bertz CT molecular complexity index is 2000. The lowest BCUT2D eigenvalue weighted by Crippen LogP contribution is -2.11. The van der Waals surface area contributed by atoms with E-state index in [1.165, 1.54) is 0 Å². The van der Waals surface area contributed by atoms with Gasteiger partial charge in [0.2, 0.25) is 11.8 Å². The zero-order chi connectivity index (χ0) is 33.5. The maximum atomic E-state index is 5.99. The molecule has 0 aliphatic carbocycles. The first-order chi connectivity index (χ1) is 24.2. The molecule has 0 aliphatic rings. The van der Waals surface area contributed by atoms with Crippen molar-refractivity contribution in [1.82, 2.24) is 30.4 Å². The number of benzene rings is 3. The van der Waals surface area contributed by atoms with Crippen molar-refractivity contribution in [3.63, 3.8) is 0 Å². The lowest BCUT2D eigenvalue weighted by atomic mass is 10.1. The monoisotopic (exact) mass is 658 g/mol. The molecule has 0 amide bonds. The van der Waals surface area contributed by atoms with E-state index in [1.807, 2.05) is 110 Å². The second-order valence-corrected chi connectivity index (χ2v) is 10.7. The number of H-pyrrole nitrogens is 2. The maximum Gasteiger partial charge on any atom is 0.223 e. The van der Waals surface area contributed by atoms with E-state index in [1.54, 1.807) is 12.4 Å². The van der Waals surface area contributed by atoms with E-state index in [-0.39, 0.29) is 0 Å². The lowest BCUT2D eigenvalue weighted by Gasteiger charge is -2.11. The fourth-order valence-electron chi connectivity index (χ4n) is 4.90. The van der Waals surface area contributed by atoms with E-state index in [0.717, 1.165) is 38.7 Å². The minimum Gasteiger partial charge on any atom is -0.475 e. The molecule has 0 atom stereocenters. The average Bonchev–Trinajstić information content (AvgIpc) is 3.86. The van der Waals surface area contributed by atoms with E-state index >= 15 is 0 Å². The standard InChI is InChI=1S/C19H16N4O.C18H22N4O3/c1-2-6-14(7-3-1)13-24-19-16-9-5-4-8-15(16)12-18(22-19)21-17-10-11-20-23-17;1-2-23-9-10-24-11-12-25-18-15-6-4-3-5-14(15)13-17(21-18)20-16-7-8-19-22-16/h1-12H,13H2,(H2,20,21,22,23);3-8,13H,2,9-12H2,1H3,(H2,19,20,21,22). The number of nitrogens with one attached hydrogen (secondary N) is 4. The highest BCUT2D eigenvalue weighted by atomic mass is 16.5. The average molecular weight is 659 g/mol. The first-order valence-electron chi connectivity index (χ1n) is 16.0. The Kier molecular flexibility index (Phi) is 11.6. The van der Waals surface area contributed by atoms with Crippen LogP contribution in [0.15, 0.2) is 116 Å². The van der Waals surface area contributed by atoms with Gasteiger partial charge >= 0.3 is 0 Å². The molecule has 12 nitrogen and oxygen atoms in total. The van der Waals surface area contributed by atoms with Gasteiger partial charge in [-0.2, -0.15) is 20.2 Å². The van der Waals surface area contributed by atoms with E-state index in [0.29, 0.717) is 63.0 Å². The molecule has 0 saturated carbocycles. The molecule has 0 bridgehead atoms. The third-order valence-electron chi connectivity index (χ3n) is 7.20. The molecule has 4 N–H and O–H groups in total. The fraction of sp³-hybridized carbons (Fsp3) is 0.189. The number of aromatic nitrogens is 6. The summed E-state index contributed by atoms with van der Waals surface area (Å²) in [6.07, 6.45) is 3.37. The largest absolute Gasteiger partial charge is 0.475 e. The first-order valence-corrected chi connectivity index (χ1v) is 16.0. The number of aromatic amines is 2. The van der Waals surface area contributed by atoms with E-state index < -0.39 is 0 Å². The van der Waals surface area contributed by atoms with E-state index in [9.17, 15) is 0 Å². The molecule has 0 fully saturated rings. The molecule has 0 spiro atoms. The quantitative estimate of drug-likeness (QED) is 0.0822. The summed E-state index contributed by atoms with van der Waals surface area (Å²) < 4.78 is 22.5. The van der Waals surface area contributed by atoms with Gasteiger partial charge in [0.05, 0.1) is 32.2 Å². The van der Waals surface area contributed by atoms with Gasteiger partial charge in [0.15, 0.2) is 0 Å². The van der Waals surface area contributed by atoms with Crippen LogP contribution >= 0.6 is 0 Å². The Labute approximate surface area is 283 Å². The maximum absolute atomic E-state index is 5.99. The van der Waals surface area contributed by atoms with Gasteiger partial charge in [-0.05, 0) is 47.5 Å². The molecule has 12 heteroatoms. The number of ether oxygens (including phenoxy) is 4. The molecule has 49 heavy (non-hydrogen) atoms. The third kappa shape index (κ3) is 9.53. The van der Waals surface area contributed by atoms with Crippen LogP contribution in [0.25, 0.3) is 21.5 Å². The Morgan fingerprint density at radius 1 is 0.571 bits per heavy atom. The van der Waals surface area contributed by atoms with E-state index in [2.05, 4.69) is 41.0 Å². The van der Waals surface area contributed by atoms with Crippen LogP contribution in [0.4, 0.5) is 23.3 Å². The van der Waals surface area contributed by atoms with Gasteiger partial charge in [0, 0.05) is 29.5 Å². The Hall–Kier alpha value is -5.98. The van der Waals surface area contributed by atoms with Crippen molar-refractivity contribution >= 4 is 44.8 Å². The normalized spacial score (nSPS) is 10.8. The van der Waals surface area contributed by atoms with Crippen LogP contribution in [0.2, 0.25) is 0 Å². The SMILES string of the molecule is CCOCCOCCOc1nc(Nc2ccn[nH]2)cc2ccccc12.c1ccc(COc2nc(Nc3ccn[nH]3)cc3ccccc23)cc1. The highest BCUT2D eigenvalue weighted by Crippen LogP contribution is 2.29. The van der Waals surface area contributed by atoms with Crippen LogP contribution in [0.5, 0.6) is 11.8 Å². The molecular weight excluding hydrogens is 620 g/mol. The summed E-state index contributed by atoms with van der Waals surface area (Å²) in [4.78, 5) is 9.17. The number of fused-ring (bicyclic) bond motifs is 2. The van der Waals surface area contributed by atoms with Gasteiger partial charge < -0.3 is 29.6 Å². The van der Waals surface area contributed by atoms with Crippen molar-refractivity contribution in [3.8, 4) is 11.8 Å². The minimum absolute atomic E-state index is 0.427. The Morgan fingerprint density at radius 3 is 1.67 bits per heavy atom. The number of hydrogen-bond donors (Lipinski definition) is 4. The number of anilines is 4. The Balaban J connectivity index is 0.000000170. The summed E-state index contributed by atoms with van der Waals surface area (Å²) >= 11 is 0. The molecule has 4 aromatic heterocycles. The van der Waals surface area contributed by atoms with Gasteiger partial charge in [-0.3, -0.25) is 10.2 Å². The topological polar surface area (TPSA) is 144 Å². The highest BCUT2D eigenvalue weighted by Gasteiger charge is 2.10. The minimum atomic E-state index is 0.427. The van der Waals surface area contributed by atoms with Crippen LogP contribution in [-0.2, 0) is 16.1 Å². The Morgan fingerprint density at radius 2 is 1.10 bits per heavy atom. The number of nitrogens with zero attached hydrogens (tertiary/aromatic N) is 4. The summed E-state index contributed by atoms with van der Waals surface area (Å²) in [6, 6.07) is 33.8. The molecule has 0 radical (unpaired) electrons. The molecule has 7 aromatic rings. The van der Waals surface area contributed by atoms with Crippen molar-refractivity contribution in [3.05, 3.63) is 121 Å². The zero-order valence-electron chi connectivity index (χ0n) is 27.1. The van der Waals surface area contributed by atoms with Crippen LogP contribution in [0.1, 0.15) is 12.5 Å². The fourth-order valence-corrected chi connectivity index (χ4v) is 4.90. The van der Waals surface area contributed by atoms with Crippen molar-refractivity contribution in [2.24, 2.45) is 0 Å². The lowest BCUT2D eigenvalue weighted by molar-refractivity contribution is 0.0401. The molecule has 3 aromatic carbocycles. The summed E-state index contributed by atoms with van der Waals surface area (Å²) in [5.41, 5.74) is 1.11. The molecule has 0 aliphatic heterocycles. The van der Waals surface area contributed by atoms with Gasteiger partial charge in [-0.15, -0.1) is 0 Å². The molecule has 0 unspecified atom stereocenters. The van der Waals surface area contributed by atoms with Gasteiger partial charge in [-0.1, -0.05) is 66.7 Å². The predicted molar refractivity (Wildman–Crippen MR) is 191 cm³/mol. The van der Waals surface area contributed by atoms with Crippen molar-refractivity contribution in [1.29, 1.82) is 0 Å².